The molecule has 0 saturated heterocycles. The van der Waals surface area contributed by atoms with E-state index in [0.717, 1.165) is 44.5 Å². The summed E-state index contributed by atoms with van der Waals surface area (Å²) in [5, 5.41) is 2.29. The van der Waals surface area contributed by atoms with Gasteiger partial charge >= 0.3 is 0 Å². The van der Waals surface area contributed by atoms with Crippen molar-refractivity contribution in [3.8, 4) is 22.5 Å². The van der Waals surface area contributed by atoms with Gasteiger partial charge in [0.1, 0.15) is 5.58 Å². The Morgan fingerprint density at radius 3 is 2.24 bits per heavy atom. The largest absolute Gasteiger partial charge is 0.501 e. The zero-order valence-electron chi connectivity index (χ0n) is 21.4. The van der Waals surface area contributed by atoms with Crippen molar-refractivity contribution in [2.24, 2.45) is 0 Å². The number of aryl methyl sites for hydroxylation is 2. The summed E-state index contributed by atoms with van der Waals surface area (Å²) >= 11 is 0. The summed E-state index contributed by atoms with van der Waals surface area (Å²) in [6, 6.07) is 32.9. The SMILES string of the molecule is Cc1cc[c-]c(-c2ccccn2)c1.Cc1ccnc(-c2[c-]ccc3c2oc2ccc(C(C)C)cc23)c1.[Ir]. The fourth-order valence-electron chi connectivity index (χ4n) is 4.23. The van der Waals surface area contributed by atoms with E-state index in [1.54, 1.807) is 6.20 Å². The van der Waals surface area contributed by atoms with E-state index in [1.807, 2.05) is 48.7 Å². The molecule has 3 aromatic heterocycles. The molecule has 0 aliphatic carbocycles. The molecule has 0 bridgehead atoms. The minimum Gasteiger partial charge on any atom is -0.501 e. The summed E-state index contributed by atoms with van der Waals surface area (Å²) in [6.07, 6.45) is 3.63. The molecule has 4 heteroatoms. The second-order valence-corrected chi connectivity index (χ2v) is 9.32. The number of hydrogen-bond donors (Lipinski definition) is 0. The van der Waals surface area contributed by atoms with Crippen molar-refractivity contribution in [3.63, 3.8) is 0 Å². The first-order valence-corrected chi connectivity index (χ1v) is 12.2. The first-order valence-electron chi connectivity index (χ1n) is 12.2. The van der Waals surface area contributed by atoms with Crippen LogP contribution in [-0.4, -0.2) is 9.97 Å². The van der Waals surface area contributed by atoms with Gasteiger partial charge in [0.2, 0.25) is 0 Å². The van der Waals surface area contributed by atoms with Gasteiger partial charge in [0.05, 0.1) is 5.58 Å². The molecule has 3 aromatic carbocycles. The Balaban J connectivity index is 0.000000195. The van der Waals surface area contributed by atoms with Gasteiger partial charge in [-0.2, -0.15) is 0 Å². The van der Waals surface area contributed by atoms with Crippen molar-refractivity contribution in [2.45, 2.75) is 33.6 Å². The van der Waals surface area contributed by atoms with Gasteiger partial charge in [-0.05, 0) is 54.1 Å². The molecule has 3 nitrogen and oxygen atoms in total. The van der Waals surface area contributed by atoms with Gasteiger partial charge in [0.15, 0.2) is 0 Å². The van der Waals surface area contributed by atoms with Gasteiger partial charge < -0.3 is 14.4 Å². The number of furan rings is 1. The third-order valence-electron chi connectivity index (χ3n) is 6.19. The molecule has 0 fully saturated rings. The molecular formula is C33H28IrN2O-2. The van der Waals surface area contributed by atoms with Crippen molar-refractivity contribution in [2.75, 3.05) is 0 Å². The standard InChI is InChI=1S/C21H18NO.C12H10N.Ir/c1-13(2)15-7-8-20-18(12-15)16-5-4-6-17(21(16)23-20)19-11-14(3)9-10-22-19;1-10-5-4-6-11(9-10)12-7-2-3-8-13-12;/h4-5,7-13H,1-3H3;2-5,7-9H,1H3;/q2*-1;. The summed E-state index contributed by atoms with van der Waals surface area (Å²) in [6.45, 7) is 8.55. The number of aromatic nitrogens is 2. The molecule has 6 aromatic rings. The second-order valence-electron chi connectivity index (χ2n) is 9.32. The summed E-state index contributed by atoms with van der Waals surface area (Å²) in [5.41, 5.74) is 9.37. The van der Waals surface area contributed by atoms with E-state index in [9.17, 15) is 0 Å². The second kappa shape index (κ2) is 11.6. The van der Waals surface area contributed by atoms with Crippen molar-refractivity contribution in [1.29, 1.82) is 0 Å². The van der Waals surface area contributed by atoms with E-state index in [4.69, 9.17) is 4.42 Å². The van der Waals surface area contributed by atoms with Crippen molar-refractivity contribution in [3.05, 3.63) is 120 Å². The van der Waals surface area contributed by atoms with Gasteiger partial charge in [-0.15, -0.1) is 53.6 Å². The van der Waals surface area contributed by atoms with Crippen LogP contribution in [-0.2, 0) is 20.1 Å². The molecule has 0 N–H and O–H groups in total. The number of benzene rings is 3. The third kappa shape index (κ3) is 5.88. The van der Waals surface area contributed by atoms with E-state index in [-0.39, 0.29) is 20.1 Å². The smallest absolute Gasteiger partial charge is 0.120 e. The van der Waals surface area contributed by atoms with Crippen LogP contribution in [0.25, 0.3) is 44.5 Å². The van der Waals surface area contributed by atoms with E-state index >= 15 is 0 Å². The average Bonchev–Trinajstić information content (AvgIpc) is 3.28. The molecule has 0 amide bonds. The van der Waals surface area contributed by atoms with Crippen LogP contribution in [0.3, 0.4) is 0 Å². The molecule has 0 aliphatic heterocycles. The van der Waals surface area contributed by atoms with Crippen LogP contribution in [0.15, 0.2) is 95.7 Å². The molecule has 37 heavy (non-hydrogen) atoms. The van der Waals surface area contributed by atoms with Crippen LogP contribution in [0, 0.1) is 26.0 Å². The van der Waals surface area contributed by atoms with Gasteiger partial charge in [0.25, 0.3) is 0 Å². The van der Waals surface area contributed by atoms with Crippen LogP contribution in [0.4, 0.5) is 0 Å². The average molecular weight is 661 g/mol. The van der Waals surface area contributed by atoms with Crippen LogP contribution < -0.4 is 0 Å². The maximum absolute atomic E-state index is 6.14. The van der Waals surface area contributed by atoms with Crippen LogP contribution in [0.1, 0.15) is 36.5 Å². The fourth-order valence-corrected chi connectivity index (χ4v) is 4.23. The first-order chi connectivity index (χ1) is 17.5. The molecule has 0 unspecified atom stereocenters. The Morgan fingerprint density at radius 1 is 0.730 bits per heavy atom. The fraction of sp³-hybridized carbons (Fsp3) is 0.152. The summed E-state index contributed by atoms with van der Waals surface area (Å²) < 4.78 is 6.14. The molecule has 0 aliphatic rings. The Hall–Kier alpha value is -3.59. The zero-order valence-corrected chi connectivity index (χ0v) is 23.8. The van der Waals surface area contributed by atoms with E-state index in [1.165, 1.54) is 16.7 Å². The first kappa shape index (κ1) is 26.5. The van der Waals surface area contributed by atoms with E-state index < -0.39 is 0 Å². The van der Waals surface area contributed by atoms with Gasteiger partial charge in [-0.25, -0.2) is 0 Å². The quantitative estimate of drug-likeness (QED) is 0.178. The topological polar surface area (TPSA) is 38.9 Å². The number of rotatable bonds is 3. The van der Waals surface area contributed by atoms with Crippen molar-refractivity contribution in [1.82, 2.24) is 9.97 Å². The Bertz CT molecular complexity index is 1640. The van der Waals surface area contributed by atoms with E-state index in [0.29, 0.717) is 5.92 Å². The van der Waals surface area contributed by atoms with Gasteiger partial charge in [-0.1, -0.05) is 61.5 Å². The Morgan fingerprint density at radius 2 is 1.51 bits per heavy atom. The monoisotopic (exact) mass is 661 g/mol. The maximum atomic E-state index is 6.14. The van der Waals surface area contributed by atoms with Crippen LogP contribution >= 0.6 is 0 Å². The molecule has 0 spiro atoms. The van der Waals surface area contributed by atoms with Crippen LogP contribution in [0.5, 0.6) is 0 Å². The minimum absolute atomic E-state index is 0. The van der Waals surface area contributed by atoms with E-state index in [2.05, 4.69) is 86.2 Å². The molecule has 3 heterocycles. The molecule has 1 radical (unpaired) electrons. The third-order valence-corrected chi connectivity index (χ3v) is 6.19. The Labute approximate surface area is 232 Å². The van der Waals surface area contributed by atoms with Crippen molar-refractivity contribution >= 4 is 21.9 Å². The molecule has 6 rings (SSSR count). The molecule has 0 saturated carbocycles. The number of hydrogen-bond acceptors (Lipinski definition) is 3. The number of fused-ring (bicyclic) bond motifs is 3. The zero-order chi connectivity index (χ0) is 25.1. The van der Waals surface area contributed by atoms with Gasteiger partial charge in [-0.3, -0.25) is 0 Å². The van der Waals surface area contributed by atoms with Crippen molar-refractivity contribution < 1.29 is 24.5 Å². The summed E-state index contributed by atoms with van der Waals surface area (Å²) in [7, 11) is 0. The Kier molecular flexibility index (Phi) is 8.33. The number of nitrogens with zero attached hydrogens (tertiary/aromatic N) is 2. The maximum Gasteiger partial charge on any atom is 0.120 e. The summed E-state index contributed by atoms with van der Waals surface area (Å²) in [4.78, 5) is 8.74. The number of pyridine rings is 2. The molecule has 0 atom stereocenters. The van der Waals surface area contributed by atoms with Gasteiger partial charge in [0, 0.05) is 37.9 Å². The molecular weight excluding hydrogens is 633 g/mol. The molecule has 187 valence electrons. The predicted molar refractivity (Wildman–Crippen MR) is 148 cm³/mol. The minimum atomic E-state index is 0. The predicted octanol–water partition coefficient (Wildman–Crippen LogP) is 8.73. The normalized spacial score (nSPS) is 10.7. The summed E-state index contributed by atoms with van der Waals surface area (Å²) in [5.74, 6) is 0.498. The van der Waals surface area contributed by atoms with Crippen LogP contribution in [0.2, 0.25) is 0 Å².